The minimum atomic E-state index is -0.313. The van der Waals surface area contributed by atoms with Crippen molar-refractivity contribution in [3.63, 3.8) is 0 Å². The number of nitrogens with zero attached hydrogens (tertiary/aromatic N) is 2. The van der Waals surface area contributed by atoms with Gasteiger partial charge in [0.15, 0.2) is 0 Å². The highest BCUT2D eigenvalue weighted by atomic mass is 32.1. The van der Waals surface area contributed by atoms with Crippen LogP contribution >= 0.6 is 11.3 Å². The first kappa shape index (κ1) is 15.0. The molecule has 0 aliphatic carbocycles. The maximum atomic E-state index is 11.1. The summed E-state index contributed by atoms with van der Waals surface area (Å²) in [5, 5.41) is 6.51. The van der Waals surface area contributed by atoms with Gasteiger partial charge in [-0.25, -0.2) is 4.98 Å². The normalized spacial score (nSPS) is 10.6. The quantitative estimate of drug-likeness (QED) is 0.504. The number of thiazole rings is 1. The van der Waals surface area contributed by atoms with E-state index in [9.17, 15) is 4.79 Å². The second-order valence-corrected chi connectivity index (χ2v) is 4.90. The number of rotatable bonds is 6. The van der Waals surface area contributed by atoms with Gasteiger partial charge in [-0.1, -0.05) is 12.1 Å². The van der Waals surface area contributed by atoms with Gasteiger partial charge in [0, 0.05) is 5.38 Å². The SMILES string of the molecule is COC(=O)Cc1csc(N/N=C\c2cccc(OC)c2)n1. The molecule has 0 bridgehead atoms. The lowest BCUT2D eigenvalue weighted by atomic mass is 10.2. The van der Waals surface area contributed by atoms with E-state index in [1.54, 1.807) is 18.7 Å². The van der Waals surface area contributed by atoms with Gasteiger partial charge in [-0.2, -0.15) is 5.10 Å². The third-order valence-electron chi connectivity index (χ3n) is 2.57. The molecule has 1 aromatic heterocycles. The Hall–Kier alpha value is -2.41. The summed E-state index contributed by atoms with van der Waals surface area (Å²) >= 11 is 1.38. The van der Waals surface area contributed by atoms with Crippen molar-refractivity contribution in [2.75, 3.05) is 19.6 Å². The fourth-order valence-electron chi connectivity index (χ4n) is 1.54. The summed E-state index contributed by atoms with van der Waals surface area (Å²) in [5.74, 6) is 0.459. The first-order chi connectivity index (χ1) is 10.2. The third-order valence-corrected chi connectivity index (χ3v) is 3.37. The van der Waals surface area contributed by atoms with Crippen LogP contribution in [0.2, 0.25) is 0 Å². The van der Waals surface area contributed by atoms with Gasteiger partial charge in [0.25, 0.3) is 0 Å². The number of benzene rings is 1. The maximum absolute atomic E-state index is 11.1. The summed E-state index contributed by atoms with van der Waals surface area (Å²) in [4.78, 5) is 15.4. The van der Waals surface area contributed by atoms with Gasteiger partial charge in [0.05, 0.1) is 32.5 Å². The smallest absolute Gasteiger partial charge is 0.311 e. The molecule has 2 aromatic rings. The van der Waals surface area contributed by atoms with Crippen molar-refractivity contribution in [2.45, 2.75) is 6.42 Å². The maximum Gasteiger partial charge on any atom is 0.311 e. The van der Waals surface area contributed by atoms with E-state index in [2.05, 4.69) is 20.2 Å². The lowest BCUT2D eigenvalue weighted by Gasteiger charge is -1.99. The van der Waals surface area contributed by atoms with Gasteiger partial charge in [-0.15, -0.1) is 11.3 Å². The molecule has 1 N–H and O–H groups in total. The van der Waals surface area contributed by atoms with Crippen LogP contribution in [0.1, 0.15) is 11.3 Å². The molecule has 0 saturated carbocycles. The molecule has 0 aliphatic rings. The second-order valence-electron chi connectivity index (χ2n) is 4.04. The van der Waals surface area contributed by atoms with Crippen molar-refractivity contribution in [3.8, 4) is 5.75 Å². The van der Waals surface area contributed by atoms with Gasteiger partial charge < -0.3 is 9.47 Å². The fraction of sp³-hybridized carbons (Fsp3) is 0.214. The predicted octanol–water partition coefficient (Wildman–Crippen LogP) is 2.31. The third kappa shape index (κ3) is 4.57. The highest BCUT2D eigenvalue weighted by molar-refractivity contribution is 7.13. The number of ether oxygens (including phenoxy) is 2. The summed E-state index contributed by atoms with van der Waals surface area (Å²) < 4.78 is 9.72. The zero-order valence-corrected chi connectivity index (χ0v) is 12.5. The Bertz CT molecular complexity index is 640. The Balaban J connectivity index is 1.93. The van der Waals surface area contributed by atoms with Gasteiger partial charge in [-0.3, -0.25) is 10.2 Å². The molecule has 1 heterocycles. The van der Waals surface area contributed by atoms with Crippen LogP contribution in [0.3, 0.4) is 0 Å². The molecule has 2 rings (SSSR count). The number of hydrogen-bond acceptors (Lipinski definition) is 7. The van der Waals surface area contributed by atoms with Crippen molar-refractivity contribution in [2.24, 2.45) is 5.10 Å². The van der Waals surface area contributed by atoms with Crippen LogP contribution in [0, 0.1) is 0 Å². The Morgan fingerprint density at radius 1 is 1.48 bits per heavy atom. The molecular formula is C14H15N3O3S. The van der Waals surface area contributed by atoms with Crippen LogP contribution in [0.25, 0.3) is 0 Å². The molecular weight excluding hydrogens is 290 g/mol. The summed E-state index contributed by atoms with van der Waals surface area (Å²) in [6.07, 6.45) is 1.83. The standard InChI is InChI=1S/C14H15N3O3S/c1-19-12-5-3-4-10(6-12)8-15-17-14-16-11(9-21-14)7-13(18)20-2/h3-6,8-9H,7H2,1-2H3,(H,16,17)/b15-8-. The number of hydrogen-bond donors (Lipinski definition) is 1. The highest BCUT2D eigenvalue weighted by Gasteiger charge is 2.06. The number of carbonyl (C=O) groups excluding carboxylic acids is 1. The number of carbonyl (C=O) groups is 1. The molecule has 0 saturated heterocycles. The summed E-state index contributed by atoms with van der Waals surface area (Å²) in [6, 6.07) is 7.54. The Labute approximate surface area is 126 Å². The average molecular weight is 305 g/mol. The van der Waals surface area contributed by atoms with Crippen molar-refractivity contribution in [1.82, 2.24) is 4.98 Å². The summed E-state index contributed by atoms with van der Waals surface area (Å²) in [5.41, 5.74) is 4.39. The molecule has 0 amide bonds. The van der Waals surface area contributed by atoms with Crippen molar-refractivity contribution < 1.29 is 14.3 Å². The Kier molecular flexibility index (Phi) is 5.28. The lowest BCUT2D eigenvalue weighted by molar-refractivity contribution is -0.139. The van der Waals surface area contributed by atoms with Gasteiger partial charge in [-0.05, 0) is 17.7 Å². The van der Waals surface area contributed by atoms with Gasteiger partial charge in [0.1, 0.15) is 5.75 Å². The molecule has 0 atom stereocenters. The minimum absolute atomic E-state index is 0.161. The highest BCUT2D eigenvalue weighted by Crippen LogP contribution is 2.16. The van der Waals surface area contributed by atoms with E-state index in [-0.39, 0.29) is 12.4 Å². The number of nitrogens with one attached hydrogen (secondary N) is 1. The van der Waals surface area contributed by atoms with Crippen LogP contribution in [-0.2, 0) is 16.0 Å². The second kappa shape index (κ2) is 7.39. The van der Waals surface area contributed by atoms with Gasteiger partial charge in [0.2, 0.25) is 5.13 Å². The van der Waals surface area contributed by atoms with Gasteiger partial charge >= 0.3 is 5.97 Å². The fourth-order valence-corrected chi connectivity index (χ4v) is 2.20. The van der Waals surface area contributed by atoms with E-state index >= 15 is 0 Å². The minimum Gasteiger partial charge on any atom is -0.497 e. The van der Waals surface area contributed by atoms with Crippen molar-refractivity contribution in [1.29, 1.82) is 0 Å². The van der Waals surface area contributed by atoms with Crippen LogP contribution in [0.4, 0.5) is 5.13 Å². The van der Waals surface area contributed by atoms with Crippen molar-refractivity contribution in [3.05, 3.63) is 40.9 Å². The molecule has 110 valence electrons. The summed E-state index contributed by atoms with van der Waals surface area (Å²) in [7, 11) is 2.97. The molecule has 1 aromatic carbocycles. The largest absolute Gasteiger partial charge is 0.497 e. The zero-order chi connectivity index (χ0) is 15.1. The monoisotopic (exact) mass is 305 g/mol. The average Bonchev–Trinajstić information content (AvgIpc) is 2.94. The molecule has 6 nitrogen and oxygen atoms in total. The molecule has 0 aliphatic heterocycles. The Morgan fingerprint density at radius 2 is 2.33 bits per heavy atom. The number of aromatic nitrogens is 1. The lowest BCUT2D eigenvalue weighted by Crippen LogP contribution is -2.04. The first-order valence-electron chi connectivity index (χ1n) is 6.15. The predicted molar refractivity (Wildman–Crippen MR) is 82.0 cm³/mol. The van der Waals surface area contributed by atoms with E-state index < -0.39 is 0 Å². The topological polar surface area (TPSA) is 72.8 Å². The van der Waals surface area contributed by atoms with E-state index in [4.69, 9.17) is 4.74 Å². The number of anilines is 1. The molecule has 7 heteroatoms. The first-order valence-corrected chi connectivity index (χ1v) is 7.03. The van der Waals surface area contributed by atoms with E-state index in [0.29, 0.717) is 10.8 Å². The number of methoxy groups -OCH3 is 2. The van der Waals surface area contributed by atoms with Crippen LogP contribution in [0.15, 0.2) is 34.7 Å². The molecule has 21 heavy (non-hydrogen) atoms. The summed E-state index contributed by atoms with van der Waals surface area (Å²) in [6.45, 7) is 0. The molecule has 0 radical (unpaired) electrons. The Morgan fingerprint density at radius 3 is 3.10 bits per heavy atom. The van der Waals surface area contributed by atoms with E-state index in [0.717, 1.165) is 11.3 Å². The van der Waals surface area contributed by atoms with Crippen molar-refractivity contribution >= 4 is 28.7 Å². The molecule has 0 unspecified atom stereocenters. The zero-order valence-electron chi connectivity index (χ0n) is 11.7. The van der Waals surface area contributed by atoms with Crippen LogP contribution in [0.5, 0.6) is 5.75 Å². The van der Waals surface area contributed by atoms with E-state index in [1.807, 2.05) is 24.3 Å². The number of hydrazone groups is 1. The van der Waals surface area contributed by atoms with E-state index in [1.165, 1.54) is 18.4 Å². The van der Waals surface area contributed by atoms with Crippen LogP contribution in [-0.4, -0.2) is 31.4 Å². The molecule has 0 fully saturated rings. The number of esters is 1. The molecule has 0 spiro atoms. The van der Waals surface area contributed by atoms with Crippen LogP contribution < -0.4 is 10.2 Å².